The Bertz CT molecular complexity index is 2410. The lowest BCUT2D eigenvalue weighted by atomic mass is 9.82. The van der Waals surface area contributed by atoms with Gasteiger partial charge in [-0.3, -0.25) is 0 Å². The third-order valence-electron chi connectivity index (χ3n) is 8.75. The molecule has 0 amide bonds. The zero-order valence-electron chi connectivity index (χ0n) is 21.9. The molecule has 0 nitrogen and oxygen atoms in total. The van der Waals surface area contributed by atoms with E-state index in [1.165, 1.54) is 86.9 Å². The Labute approximate surface area is 232 Å². The first-order valence-corrected chi connectivity index (χ1v) is 14.0. The van der Waals surface area contributed by atoms with Crippen molar-refractivity contribution in [2.24, 2.45) is 0 Å². The SMILES string of the molecule is c1ccc(-c2cc(-c3c4ccccc4c4c5cccc6cccc(c7cccc3c74)c65)cc3ccccc23)cc1. The molecule has 0 aliphatic carbocycles. The zero-order valence-corrected chi connectivity index (χ0v) is 21.9. The quantitative estimate of drug-likeness (QED) is 0.162. The van der Waals surface area contributed by atoms with Crippen LogP contribution in [0.25, 0.3) is 86.9 Å². The van der Waals surface area contributed by atoms with Crippen LogP contribution >= 0.6 is 0 Å². The van der Waals surface area contributed by atoms with Crippen LogP contribution in [0.3, 0.4) is 0 Å². The van der Waals surface area contributed by atoms with E-state index in [-0.39, 0.29) is 0 Å². The fourth-order valence-corrected chi connectivity index (χ4v) is 7.13. The smallest absolute Gasteiger partial charge is 0.00137 e. The molecule has 0 heterocycles. The lowest BCUT2D eigenvalue weighted by Crippen LogP contribution is -1.93. The first-order valence-electron chi connectivity index (χ1n) is 14.0. The predicted octanol–water partition coefficient (Wildman–Crippen LogP) is 11.4. The van der Waals surface area contributed by atoms with E-state index >= 15 is 0 Å². The predicted molar refractivity (Wildman–Crippen MR) is 174 cm³/mol. The second kappa shape index (κ2) is 8.15. The molecule has 0 aliphatic rings. The lowest BCUT2D eigenvalue weighted by molar-refractivity contribution is 1.64. The van der Waals surface area contributed by atoms with Crippen LogP contribution in [0, 0.1) is 0 Å². The number of hydrogen-bond acceptors (Lipinski definition) is 0. The summed E-state index contributed by atoms with van der Waals surface area (Å²) in [6.07, 6.45) is 0. The average molecular weight is 505 g/mol. The normalized spacial score (nSPS) is 12.0. The molecule has 0 heteroatoms. The highest BCUT2D eigenvalue weighted by molar-refractivity contribution is 6.40. The van der Waals surface area contributed by atoms with E-state index in [0.29, 0.717) is 0 Å². The minimum Gasteiger partial charge on any atom is -0.0622 e. The Balaban J connectivity index is 1.52. The number of rotatable bonds is 2. The van der Waals surface area contributed by atoms with Crippen LogP contribution in [0.1, 0.15) is 0 Å². The van der Waals surface area contributed by atoms with Crippen LogP contribution in [0.15, 0.2) is 146 Å². The highest BCUT2D eigenvalue weighted by Crippen LogP contribution is 2.48. The van der Waals surface area contributed by atoms with Crippen molar-refractivity contribution in [1.82, 2.24) is 0 Å². The van der Waals surface area contributed by atoms with E-state index in [2.05, 4.69) is 146 Å². The van der Waals surface area contributed by atoms with Crippen molar-refractivity contribution in [1.29, 1.82) is 0 Å². The zero-order chi connectivity index (χ0) is 26.2. The first-order chi connectivity index (χ1) is 19.9. The summed E-state index contributed by atoms with van der Waals surface area (Å²) in [4.78, 5) is 0. The standard InChI is InChI=1S/C40H24/c1-2-11-25(12-3-1)36-24-28(23-27-13-4-5-16-29(27)36)38-30-17-6-7-18-32(30)39-34-21-9-15-26-14-8-19-31(37(26)34)33-20-10-22-35(38)40(33)39/h1-24H. The van der Waals surface area contributed by atoms with Gasteiger partial charge in [0, 0.05) is 0 Å². The van der Waals surface area contributed by atoms with E-state index in [0.717, 1.165) is 0 Å². The molecule has 0 saturated heterocycles. The summed E-state index contributed by atoms with van der Waals surface area (Å²) in [5.74, 6) is 0. The van der Waals surface area contributed by atoms with Crippen molar-refractivity contribution in [3.8, 4) is 22.3 Å². The van der Waals surface area contributed by atoms with Crippen molar-refractivity contribution in [2.75, 3.05) is 0 Å². The van der Waals surface area contributed by atoms with Crippen molar-refractivity contribution in [3.63, 3.8) is 0 Å². The minimum absolute atomic E-state index is 1.24. The molecule has 9 aromatic rings. The van der Waals surface area contributed by atoms with Gasteiger partial charge in [0.05, 0.1) is 0 Å². The number of fused-ring (bicyclic) bond motifs is 5. The van der Waals surface area contributed by atoms with Crippen LogP contribution in [0.4, 0.5) is 0 Å². The average Bonchev–Trinajstić information content (AvgIpc) is 3.02. The van der Waals surface area contributed by atoms with Gasteiger partial charge in [-0.25, -0.2) is 0 Å². The fraction of sp³-hybridized carbons (Fsp3) is 0. The summed E-state index contributed by atoms with van der Waals surface area (Å²) in [6.45, 7) is 0. The molecule has 0 radical (unpaired) electrons. The second-order valence-corrected chi connectivity index (χ2v) is 10.8. The molecule has 0 aromatic heterocycles. The van der Waals surface area contributed by atoms with Crippen LogP contribution in [0.2, 0.25) is 0 Å². The van der Waals surface area contributed by atoms with Crippen LogP contribution in [-0.4, -0.2) is 0 Å². The van der Waals surface area contributed by atoms with Crippen molar-refractivity contribution >= 4 is 64.6 Å². The Morgan fingerprint density at radius 2 is 0.800 bits per heavy atom. The molecule has 9 rings (SSSR count). The Hall–Kier alpha value is -5.20. The summed E-state index contributed by atoms with van der Waals surface area (Å²) in [6, 6.07) is 53.7. The van der Waals surface area contributed by atoms with E-state index in [4.69, 9.17) is 0 Å². The molecule has 40 heavy (non-hydrogen) atoms. The molecule has 0 fully saturated rings. The van der Waals surface area contributed by atoms with Gasteiger partial charge in [0.2, 0.25) is 0 Å². The van der Waals surface area contributed by atoms with Gasteiger partial charge in [-0.15, -0.1) is 0 Å². The lowest BCUT2D eigenvalue weighted by Gasteiger charge is -2.20. The monoisotopic (exact) mass is 504 g/mol. The molecular weight excluding hydrogens is 480 g/mol. The molecule has 0 unspecified atom stereocenters. The molecule has 0 N–H and O–H groups in total. The van der Waals surface area contributed by atoms with Gasteiger partial charge in [0.1, 0.15) is 0 Å². The maximum Gasteiger partial charge on any atom is -0.00137 e. The van der Waals surface area contributed by atoms with Gasteiger partial charge in [-0.05, 0) is 99.0 Å². The molecule has 0 aliphatic heterocycles. The van der Waals surface area contributed by atoms with Crippen LogP contribution < -0.4 is 0 Å². The van der Waals surface area contributed by atoms with Crippen LogP contribution in [-0.2, 0) is 0 Å². The third kappa shape index (κ3) is 2.91. The van der Waals surface area contributed by atoms with Crippen LogP contribution in [0.5, 0.6) is 0 Å². The van der Waals surface area contributed by atoms with Crippen molar-refractivity contribution < 1.29 is 0 Å². The highest BCUT2D eigenvalue weighted by Gasteiger charge is 2.20. The maximum atomic E-state index is 2.41. The van der Waals surface area contributed by atoms with Gasteiger partial charge in [-0.2, -0.15) is 0 Å². The molecule has 0 saturated carbocycles. The Kier molecular flexibility index (Phi) is 4.42. The highest BCUT2D eigenvalue weighted by atomic mass is 14.2. The van der Waals surface area contributed by atoms with E-state index < -0.39 is 0 Å². The van der Waals surface area contributed by atoms with E-state index in [1.807, 2.05) is 0 Å². The molecule has 0 bridgehead atoms. The molecular formula is C40H24. The summed E-state index contributed by atoms with van der Waals surface area (Å²) >= 11 is 0. The largest absolute Gasteiger partial charge is 0.0622 e. The van der Waals surface area contributed by atoms with Gasteiger partial charge >= 0.3 is 0 Å². The first kappa shape index (κ1) is 21.7. The minimum atomic E-state index is 1.24. The number of hydrogen-bond donors (Lipinski definition) is 0. The summed E-state index contributed by atoms with van der Waals surface area (Å²) in [5, 5.41) is 15.8. The topological polar surface area (TPSA) is 0 Å². The Morgan fingerprint density at radius 1 is 0.275 bits per heavy atom. The van der Waals surface area contributed by atoms with E-state index in [9.17, 15) is 0 Å². The molecule has 0 atom stereocenters. The van der Waals surface area contributed by atoms with Crippen molar-refractivity contribution in [2.45, 2.75) is 0 Å². The van der Waals surface area contributed by atoms with Gasteiger partial charge in [0.15, 0.2) is 0 Å². The molecule has 9 aromatic carbocycles. The van der Waals surface area contributed by atoms with Gasteiger partial charge in [0.25, 0.3) is 0 Å². The van der Waals surface area contributed by atoms with E-state index in [1.54, 1.807) is 0 Å². The summed E-state index contributed by atoms with van der Waals surface area (Å²) in [5.41, 5.74) is 5.08. The van der Waals surface area contributed by atoms with Gasteiger partial charge in [-0.1, -0.05) is 133 Å². The molecule has 0 spiro atoms. The second-order valence-electron chi connectivity index (χ2n) is 10.8. The fourth-order valence-electron chi connectivity index (χ4n) is 7.13. The summed E-state index contributed by atoms with van der Waals surface area (Å²) in [7, 11) is 0. The number of benzene rings is 9. The van der Waals surface area contributed by atoms with Crippen molar-refractivity contribution in [3.05, 3.63) is 146 Å². The van der Waals surface area contributed by atoms with Gasteiger partial charge < -0.3 is 0 Å². The maximum absolute atomic E-state index is 2.41. The molecule has 184 valence electrons. The third-order valence-corrected chi connectivity index (χ3v) is 8.75. The Morgan fingerprint density at radius 3 is 1.62 bits per heavy atom. The summed E-state index contributed by atoms with van der Waals surface area (Å²) < 4.78 is 0.